The first-order chi connectivity index (χ1) is 10.1. The van der Waals surface area contributed by atoms with Crippen molar-refractivity contribution in [1.29, 1.82) is 0 Å². The van der Waals surface area contributed by atoms with E-state index in [1.54, 1.807) is 6.21 Å². The largest absolute Gasteiger partial charge is 0.508 e. The molecule has 5 nitrogen and oxygen atoms in total. The number of carbonyl (C=O) groups is 1. The fraction of sp³-hybridized carbons (Fsp3) is 0.125. The van der Waals surface area contributed by atoms with Gasteiger partial charge in [-0.1, -0.05) is 37.3 Å². The summed E-state index contributed by atoms with van der Waals surface area (Å²) in [5, 5.41) is 22.8. The molecular weight excluding hydrogens is 268 g/mol. The summed E-state index contributed by atoms with van der Waals surface area (Å²) in [6.45, 7) is 1.96. The summed E-state index contributed by atoms with van der Waals surface area (Å²) >= 11 is 0. The molecule has 21 heavy (non-hydrogen) atoms. The molecule has 0 saturated carbocycles. The molecule has 1 atom stereocenters. The summed E-state index contributed by atoms with van der Waals surface area (Å²) in [6, 6.07) is 13.5. The normalized spacial score (nSPS) is 12.2. The minimum atomic E-state index is -0.583. The third kappa shape index (κ3) is 3.82. The lowest BCUT2D eigenvalue weighted by atomic mass is 10.0. The van der Waals surface area contributed by atoms with Crippen molar-refractivity contribution in [3.63, 3.8) is 0 Å². The van der Waals surface area contributed by atoms with E-state index in [1.165, 1.54) is 18.2 Å². The van der Waals surface area contributed by atoms with Gasteiger partial charge in [0.1, 0.15) is 11.5 Å². The lowest BCUT2D eigenvalue weighted by Gasteiger charge is -2.06. The first-order valence-electron chi connectivity index (χ1n) is 6.48. The third-order valence-corrected chi connectivity index (χ3v) is 3.01. The molecule has 0 spiro atoms. The summed E-state index contributed by atoms with van der Waals surface area (Å²) in [5.74, 6) is -0.847. The predicted octanol–water partition coefficient (Wildman–Crippen LogP) is 2.62. The molecule has 0 heterocycles. The van der Waals surface area contributed by atoms with Gasteiger partial charge in [0.25, 0.3) is 5.91 Å². The quantitative estimate of drug-likeness (QED) is 0.458. The van der Waals surface area contributed by atoms with Crippen LogP contribution in [-0.2, 0) is 0 Å². The van der Waals surface area contributed by atoms with Crippen molar-refractivity contribution in [3.8, 4) is 11.5 Å². The molecular formula is C16H16N2O3. The minimum Gasteiger partial charge on any atom is -0.508 e. The number of carbonyl (C=O) groups excluding carboxylic acids is 1. The Morgan fingerprint density at radius 1 is 1.19 bits per heavy atom. The highest BCUT2D eigenvalue weighted by Gasteiger charge is 2.11. The van der Waals surface area contributed by atoms with Crippen LogP contribution in [0.3, 0.4) is 0 Å². The van der Waals surface area contributed by atoms with E-state index in [-0.39, 0.29) is 23.0 Å². The Kier molecular flexibility index (Phi) is 4.56. The molecule has 0 aliphatic carbocycles. The molecule has 2 rings (SSSR count). The van der Waals surface area contributed by atoms with Gasteiger partial charge in [-0.2, -0.15) is 5.10 Å². The Morgan fingerprint density at radius 2 is 1.90 bits per heavy atom. The number of hydrogen-bond acceptors (Lipinski definition) is 4. The molecule has 0 unspecified atom stereocenters. The Balaban J connectivity index is 2.01. The van der Waals surface area contributed by atoms with Gasteiger partial charge < -0.3 is 10.2 Å². The molecule has 5 heteroatoms. The first kappa shape index (κ1) is 14.6. The van der Waals surface area contributed by atoms with Crippen LogP contribution < -0.4 is 5.43 Å². The summed E-state index contributed by atoms with van der Waals surface area (Å²) in [6.07, 6.45) is 1.60. The van der Waals surface area contributed by atoms with Gasteiger partial charge in [0, 0.05) is 12.1 Å². The number of benzene rings is 2. The highest BCUT2D eigenvalue weighted by Crippen LogP contribution is 2.21. The SMILES string of the molecule is C[C@H](/C=N\NC(=O)c1cc(O)ccc1O)c1ccccc1. The maximum atomic E-state index is 11.8. The summed E-state index contributed by atoms with van der Waals surface area (Å²) in [5.41, 5.74) is 3.38. The summed E-state index contributed by atoms with van der Waals surface area (Å²) in [7, 11) is 0. The number of nitrogens with one attached hydrogen (secondary N) is 1. The maximum absolute atomic E-state index is 11.8. The van der Waals surface area contributed by atoms with Crippen LogP contribution >= 0.6 is 0 Å². The van der Waals surface area contributed by atoms with Crippen LogP contribution in [0.2, 0.25) is 0 Å². The molecule has 2 aromatic carbocycles. The fourth-order valence-corrected chi connectivity index (χ4v) is 1.82. The van der Waals surface area contributed by atoms with Crippen molar-refractivity contribution in [3.05, 3.63) is 59.7 Å². The van der Waals surface area contributed by atoms with E-state index in [2.05, 4.69) is 10.5 Å². The molecule has 2 aromatic rings. The van der Waals surface area contributed by atoms with Crippen LogP contribution in [0.1, 0.15) is 28.8 Å². The second kappa shape index (κ2) is 6.56. The van der Waals surface area contributed by atoms with E-state index in [4.69, 9.17) is 0 Å². The van der Waals surface area contributed by atoms with E-state index >= 15 is 0 Å². The molecule has 0 radical (unpaired) electrons. The Morgan fingerprint density at radius 3 is 2.62 bits per heavy atom. The molecule has 108 valence electrons. The van der Waals surface area contributed by atoms with E-state index < -0.39 is 5.91 Å². The van der Waals surface area contributed by atoms with Crippen molar-refractivity contribution in [2.75, 3.05) is 0 Å². The molecule has 0 aromatic heterocycles. The van der Waals surface area contributed by atoms with E-state index in [1.807, 2.05) is 37.3 Å². The topological polar surface area (TPSA) is 81.9 Å². The highest BCUT2D eigenvalue weighted by atomic mass is 16.3. The third-order valence-electron chi connectivity index (χ3n) is 3.01. The van der Waals surface area contributed by atoms with Crippen molar-refractivity contribution < 1.29 is 15.0 Å². The molecule has 0 saturated heterocycles. The van der Waals surface area contributed by atoms with Crippen molar-refractivity contribution in [2.45, 2.75) is 12.8 Å². The standard InChI is InChI=1S/C16H16N2O3/c1-11(12-5-3-2-4-6-12)10-17-18-16(21)14-9-13(19)7-8-15(14)20/h2-11,19-20H,1H3,(H,18,21)/b17-10-/t11-/m1/s1. The zero-order valence-corrected chi connectivity index (χ0v) is 11.5. The number of hydrazone groups is 1. The van der Waals surface area contributed by atoms with Crippen molar-refractivity contribution in [2.24, 2.45) is 5.10 Å². The Hall–Kier alpha value is -2.82. The monoisotopic (exact) mass is 284 g/mol. The number of amides is 1. The van der Waals surface area contributed by atoms with E-state index in [0.717, 1.165) is 5.56 Å². The lowest BCUT2D eigenvalue weighted by Crippen LogP contribution is -2.18. The van der Waals surface area contributed by atoms with E-state index in [9.17, 15) is 15.0 Å². The average molecular weight is 284 g/mol. The Bertz CT molecular complexity index is 654. The van der Waals surface area contributed by atoms with Gasteiger partial charge in [-0.15, -0.1) is 0 Å². The summed E-state index contributed by atoms with van der Waals surface area (Å²) < 4.78 is 0. The van der Waals surface area contributed by atoms with Gasteiger partial charge in [-0.05, 0) is 23.8 Å². The van der Waals surface area contributed by atoms with Crippen LogP contribution in [0.25, 0.3) is 0 Å². The van der Waals surface area contributed by atoms with Gasteiger partial charge in [-0.25, -0.2) is 5.43 Å². The summed E-state index contributed by atoms with van der Waals surface area (Å²) in [4.78, 5) is 11.8. The number of nitrogens with zero attached hydrogens (tertiary/aromatic N) is 1. The number of aromatic hydroxyl groups is 2. The molecule has 0 fully saturated rings. The second-order valence-electron chi connectivity index (χ2n) is 4.62. The van der Waals surface area contributed by atoms with Crippen LogP contribution in [0.15, 0.2) is 53.6 Å². The van der Waals surface area contributed by atoms with Crippen molar-refractivity contribution in [1.82, 2.24) is 5.43 Å². The van der Waals surface area contributed by atoms with Gasteiger partial charge >= 0.3 is 0 Å². The number of phenolic OH excluding ortho intramolecular Hbond substituents is 2. The molecule has 0 aliphatic heterocycles. The second-order valence-corrected chi connectivity index (χ2v) is 4.62. The van der Waals surface area contributed by atoms with Crippen LogP contribution in [-0.4, -0.2) is 22.3 Å². The molecule has 0 bridgehead atoms. The number of hydrogen-bond donors (Lipinski definition) is 3. The minimum absolute atomic E-state index is 0.0282. The zero-order valence-electron chi connectivity index (χ0n) is 11.5. The van der Waals surface area contributed by atoms with Gasteiger partial charge in [0.15, 0.2) is 0 Å². The van der Waals surface area contributed by atoms with Crippen LogP contribution in [0.5, 0.6) is 11.5 Å². The highest BCUT2D eigenvalue weighted by molar-refractivity contribution is 5.97. The van der Waals surface area contributed by atoms with Crippen LogP contribution in [0.4, 0.5) is 0 Å². The first-order valence-corrected chi connectivity index (χ1v) is 6.48. The average Bonchev–Trinajstić information content (AvgIpc) is 2.50. The lowest BCUT2D eigenvalue weighted by molar-refractivity contribution is 0.0952. The van der Waals surface area contributed by atoms with E-state index in [0.29, 0.717) is 0 Å². The van der Waals surface area contributed by atoms with Crippen LogP contribution in [0, 0.1) is 0 Å². The number of phenols is 2. The van der Waals surface area contributed by atoms with Gasteiger partial charge in [-0.3, -0.25) is 4.79 Å². The molecule has 0 aliphatic rings. The number of rotatable bonds is 4. The van der Waals surface area contributed by atoms with Gasteiger partial charge in [0.05, 0.1) is 5.56 Å². The van der Waals surface area contributed by atoms with Crippen molar-refractivity contribution >= 4 is 12.1 Å². The fourth-order valence-electron chi connectivity index (χ4n) is 1.82. The Labute approximate surface area is 122 Å². The molecule has 3 N–H and O–H groups in total. The molecule has 1 amide bonds. The van der Waals surface area contributed by atoms with Gasteiger partial charge in [0.2, 0.25) is 0 Å². The maximum Gasteiger partial charge on any atom is 0.275 e. The predicted molar refractivity (Wildman–Crippen MR) is 80.6 cm³/mol. The zero-order chi connectivity index (χ0) is 15.2. The smallest absolute Gasteiger partial charge is 0.275 e.